The topological polar surface area (TPSA) is 86.8 Å². The summed E-state index contributed by atoms with van der Waals surface area (Å²) in [7, 11) is -1.90. The Bertz CT molecular complexity index is 982. The molecule has 0 bridgehead atoms. The van der Waals surface area contributed by atoms with Gasteiger partial charge >= 0.3 is 0 Å². The molecule has 2 rings (SSSR count). The monoisotopic (exact) mass is 445 g/mol. The van der Waals surface area contributed by atoms with Crippen molar-refractivity contribution in [2.75, 3.05) is 32.0 Å². The molecule has 0 unspecified atom stereocenters. The van der Waals surface area contributed by atoms with Crippen LogP contribution in [0.3, 0.4) is 0 Å². The summed E-state index contributed by atoms with van der Waals surface area (Å²) in [6.45, 7) is 6.37. The van der Waals surface area contributed by atoms with Crippen LogP contribution < -0.4 is 5.32 Å². The highest BCUT2D eigenvalue weighted by atomic mass is 32.2. The molecule has 2 aromatic carbocycles. The van der Waals surface area contributed by atoms with Gasteiger partial charge in [0.1, 0.15) is 0 Å². The van der Waals surface area contributed by atoms with Gasteiger partial charge in [-0.25, -0.2) is 8.42 Å². The Hall–Kier alpha value is -2.71. The van der Waals surface area contributed by atoms with E-state index in [1.165, 1.54) is 9.21 Å². The van der Waals surface area contributed by atoms with E-state index in [1.807, 2.05) is 31.2 Å². The predicted octanol–water partition coefficient (Wildman–Crippen LogP) is 3.06. The molecular formula is C23H31N3O4S. The standard InChI is InChI=1S/C23H31N3O4S/c1-5-26(6-2)31(29,30)21-14-9-19(10-15-21)11-16-23(28)25(4)17-22(27)24-20-12-7-18(3)8-13-20/h7-10,12-15H,5-6,11,16-17H2,1-4H3,(H,24,27). The van der Waals surface area contributed by atoms with E-state index in [0.717, 1.165) is 11.1 Å². The molecule has 0 radical (unpaired) electrons. The number of nitrogens with one attached hydrogen (secondary N) is 1. The van der Waals surface area contributed by atoms with Crippen molar-refractivity contribution in [1.82, 2.24) is 9.21 Å². The summed E-state index contributed by atoms with van der Waals surface area (Å²) >= 11 is 0. The molecule has 0 aliphatic carbocycles. The third-order valence-electron chi connectivity index (χ3n) is 5.04. The Kier molecular flexibility index (Phi) is 8.76. The molecule has 0 aliphatic rings. The third kappa shape index (κ3) is 6.90. The minimum absolute atomic E-state index is 0.0340. The van der Waals surface area contributed by atoms with Gasteiger partial charge in [0.25, 0.3) is 0 Å². The van der Waals surface area contributed by atoms with Gasteiger partial charge in [-0.3, -0.25) is 9.59 Å². The van der Waals surface area contributed by atoms with Gasteiger partial charge in [-0.05, 0) is 43.2 Å². The number of rotatable bonds is 10. The number of hydrogen-bond acceptors (Lipinski definition) is 4. The lowest BCUT2D eigenvalue weighted by atomic mass is 10.1. The maximum Gasteiger partial charge on any atom is 0.243 e. The van der Waals surface area contributed by atoms with Gasteiger partial charge in [0, 0.05) is 32.2 Å². The summed E-state index contributed by atoms with van der Waals surface area (Å²) < 4.78 is 26.5. The van der Waals surface area contributed by atoms with Gasteiger partial charge in [-0.15, -0.1) is 0 Å². The van der Waals surface area contributed by atoms with E-state index < -0.39 is 10.0 Å². The minimum atomic E-state index is -3.49. The second-order valence-electron chi connectivity index (χ2n) is 7.40. The lowest BCUT2D eigenvalue weighted by molar-refractivity contribution is -0.133. The van der Waals surface area contributed by atoms with Gasteiger partial charge in [0.15, 0.2) is 0 Å². The molecule has 7 nitrogen and oxygen atoms in total. The van der Waals surface area contributed by atoms with E-state index in [1.54, 1.807) is 45.2 Å². The summed E-state index contributed by atoms with van der Waals surface area (Å²) in [5.41, 5.74) is 2.66. The number of amides is 2. The first-order valence-corrected chi connectivity index (χ1v) is 11.8. The number of anilines is 1. The molecule has 0 spiro atoms. The number of nitrogens with zero attached hydrogens (tertiary/aromatic N) is 2. The zero-order valence-corrected chi connectivity index (χ0v) is 19.4. The van der Waals surface area contributed by atoms with Crippen molar-refractivity contribution in [3.63, 3.8) is 0 Å². The summed E-state index contributed by atoms with van der Waals surface area (Å²) in [6, 6.07) is 14.1. The minimum Gasteiger partial charge on any atom is -0.336 e. The molecule has 1 N–H and O–H groups in total. The van der Waals surface area contributed by atoms with Gasteiger partial charge in [-0.1, -0.05) is 43.7 Å². The first-order valence-electron chi connectivity index (χ1n) is 10.4. The van der Waals surface area contributed by atoms with Crippen LogP contribution in [-0.4, -0.2) is 56.1 Å². The molecule has 168 valence electrons. The van der Waals surface area contributed by atoms with Crippen LogP contribution in [0.1, 0.15) is 31.4 Å². The molecule has 0 aromatic heterocycles. The molecule has 0 fully saturated rings. The average Bonchev–Trinajstić information content (AvgIpc) is 2.74. The Morgan fingerprint density at radius 2 is 1.52 bits per heavy atom. The Labute approximate surface area is 185 Å². The number of benzene rings is 2. The molecular weight excluding hydrogens is 414 g/mol. The summed E-state index contributed by atoms with van der Waals surface area (Å²) in [5.74, 6) is -0.412. The Morgan fingerprint density at radius 3 is 2.06 bits per heavy atom. The molecule has 0 atom stereocenters. The number of aryl methyl sites for hydroxylation is 2. The fraction of sp³-hybridized carbons (Fsp3) is 0.391. The van der Waals surface area contributed by atoms with Crippen molar-refractivity contribution in [3.8, 4) is 0 Å². The quantitative estimate of drug-likeness (QED) is 0.609. The first kappa shape index (κ1) is 24.6. The molecule has 0 saturated carbocycles. The van der Waals surface area contributed by atoms with Crippen molar-refractivity contribution in [3.05, 3.63) is 59.7 Å². The average molecular weight is 446 g/mol. The molecule has 31 heavy (non-hydrogen) atoms. The van der Waals surface area contributed by atoms with E-state index >= 15 is 0 Å². The second-order valence-corrected chi connectivity index (χ2v) is 9.34. The molecule has 0 aliphatic heterocycles. The third-order valence-corrected chi connectivity index (χ3v) is 7.10. The van der Waals surface area contributed by atoms with Crippen LogP contribution in [-0.2, 0) is 26.0 Å². The van der Waals surface area contributed by atoms with Gasteiger partial charge < -0.3 is 10.2 Å². The lowest BCUT2D eigenvalue weighted by Crippen LogP contribution is -2.35. The Balaban J connectivity index is 1.87. The zero-order valence-electron chi connectivity index (χ0n) is 18.6. The SMILES string of the molecule is CCN(CC)S(=O)(=O)c1ccc(CCC(=O)N(C)CC(=O)Nc2ccc(C)cc2)cc1. The van der Waals surface area contributed by atoms with Crippen LogP contribution in [0, 0.1) is 6.92 Å². The zero-order chi connectivity index (χ0) is 23.0. The van der Waals surface area contributed by atoms with E-state index in [4.69, 9.17) is 0 Å². The van der Waals surface area contributed by atoms with E-state index in [2.05, 4.69) is 5.32 Å². The van der Waals surface area contributed by atoms with Crippen LogP contribution in [0.5, 0.6) is 0 Å². The van der Waals surface area contributed by atoms with Crippen molar-refractivity contribution in [1.29, 1.82) is 0 Å². The maximum atomic E-state index is 12.5. The van der Waals surface area contributed by atoms with Crippen molar-refractivity contribution in [2.24, 2.45) is 0 Å². The predicted molar refractivity (Wildman–Crippen MR) is 122 cm³/mol. The highest BCUT2D eigenvalue weighted by Gasteiger charge is 2.21. The smallest absolute Gasteiger partial charge is 0.243 e. The summed E-state index contributed by atoms with van der Waals surface area (Å²) in [5, 5.41) is 2.77. The molecule has 0 saturated heterocycles. The van der Waals surface area contributed by atoms with Crippen LogP contribution in [0.4, 0.5) is 5.69 Å². The van der Waals surface area contributed by atoms with Crippen LogP contribution in [0.25, 0.3) is 0 Å². The second kappa shape index (κ2) is 11.1. The highest BCUT2D eigenvalue weighted by Crippen LogP contribution is 2.17. The van der Waals surface area contributed by atoms with Crippen LogP contribution in [0.15, 0.2) is 53.4 Å². The highest BCUT2D eigenvalue weighted by molar-refractivity contribution is 7.89. The van der Waals surface area contributed by atoms with Gasteiger partial charge in [-0.2, -0.15) is 4.31 Å². The normalized spacial score (nSPS) is 11.4. The first-order chi connectivity index (χ1) is 14.7. The number of sulfonamides is 1. The summed E-state index contributed by atoms with van der Waals surface area (Å²) in [6.07, 6.45) is 0.699. The number of hydrogen-bond donors (Lipinski definition) is 1. The van der Waals surface area contributed by atoms with Crippen molar-refractivity contribution >= 4 is 27.5 Å². The fourth-order valence-corrected chi connectivity index (χ4v) is 4.58. The fourth-order valence-electron chi connectivity index (χ4n) is 3.12. The van der Waals surface area contributed by atoms with E-state index in [-0.39, 0.29) is 29.7 Å². The van der Waals surface area contributed by atoms with Crippen LogP contribution in [0.2, 0.25) is 0 Å². The number of carbonyl (C=O) groups is 2. The lowest BCUT2D eigenvalue weighted by Gasteiger charge is -2.19. The Morgan fingerprint density at radius 1 is 0.935 bits per heavy atom. The largest absolute Gasteiger partial charge is 0.336 e. The van der Waals surface area contributed by atoms with E-state index in [9.17, 15) is 18.0 Å². The maximum absolute atomic E-state index is 12.5. The van der Waals surface area contributed by atoms with Gasteiger partial charge in [0.05, 0.1) is 11.4 Å². The van der Waals surface area contributed by atoms with Gasteiger partial charge in [0.2, 0.25) is 21.8 Å². The van der Waals surface area contributed by atoms with Crippen molar-refractivity contribution in [2.45, 2.75) is 38.5 Å². The molecule has 2 amide bonds. The number of likely N-dealkylation sites (N-methyl/N-ethyl adjacent to an activating group) is 1. The van der Waals surface area contributed by atoms with Crippen LogP contribution >= 0.6 is 0 Å². The van der Waals surface area contributed by atoms with E-state index in [0.29, 0.717) is 25.2 Å². The van der Waals surface area contributed by atoms with Crippen molar-refractivity contribution < 1.29 is 18.0 Å². The summed E-state index contributed by atoms with van der Waals surface area (Å²) in [4.78, 5) is 26.2. The molecule has 8 heteroatoms. The number of carbonyl (C=O) groups excluding carboxylic acids is 2. The molecule has 0 heterocycles. The molecule has 2 aromatic rings.